The van der Waals surface area contributed by atoms with Crippen molar-refractivity contribution >= 4 is 5.97 Å². The maximum atomic E-state index is 10.8. The van der Waals surface area contributed by atoms with Crippen LogP contribution in [0, 0.1) is 0 Å². The van der Waals surface area contributed by atoms with Crippen molar-refractivity contribution < 1.29 is 14.3 Å². The zero-order chi connectivity index (χ0) is 12.1. The number of hydrogen-bond donors (Lipinski definition) is 1. The second-order valence-corrected chi connectivity index (χ2v) is 5.09. The van der Waals surface area contributed by atoms with Crippen LogP contribution in [0.3, 0.4) is 0 Å². The van der Waals surface area contributed by atoms with Crippen molar-refractivity contribution in [3.05, 3.63) is 0 Å². The summed E-state index contributed by atoms with van der Waals surface area (Å²) < 4.78 is 11.3. The van der Waals surface area contributed by atoms with Crippen molar-refractivity contribution in [2.75, 3.05) is 13.1 Å². The van der Waals surface area contributed by atoms with Crippen LogP contribution in [0.25, 0.3) is 0 Å². The highest BCUT2D eigenvalue weighted by molar-refractivity contribution is 5.66. The maximum Gasteiger partial charge on any atom is 0.302 e. The highest BCUT2D eigenvalue weighted by Crippen LogP contribution is 2.25. The summed E-state index contributed by atoms with van der Waals surface area (Å²) in [6.07, 6.45) is 7.17. The predicted octanol–water partition coefficient (Wildman–Crippen LogP) is 1.63. The minimum Gasteiger partial charge on any atom is -0.463 e. The molecule has 0 aromatic carbocycles. The summed E-state index contributed by atoms with van der Waals surface area (Å²) >= 11 is 0. The van der Waals surface area contributed by atoms with Crippen LogP contribution in [0.1, 0.15) is 45.4 Å². The summed E-state index contributed by atoms with van der Waals surface area (Å²) in [4.78, 5) is 10.8. The van der Waals surface area contributed by atoms with Gasteiger partial charge in [0.25, 0.3) is 0 Å². The molecule has 2 rings (SSSR count). The third kappa shape index (κ3) is 4.28. The molecule has 1 saturated carbocycles. The Bertz CT molecular complexity index is 243. The molecule has 0 aromatic heterocycles. The van der Waals surface area contributed by atoms with Crippen molar-refractivity contribution in [3.63, 3.8) is 0 Å². The minimum absolute atomic E-state index is 0.125. The highest BCUT2D eigenvalue weighted by Gasteiger charge is 2.26. The second-order valence-electron chi connectivity index (χ2n) is 5.09. The van der Waals surface area contributed by atoms with Crippen LogP contribution in [-0.4, -0.2) is 37.4 Å². The largest absolute Gasteiger partial charge is 0.463 e. The minimum atomic E-state index is -0.160. The first-order chi connectivity index (χ1) is 8.24. The fourth-order valence-electron chi connectivity index (χ4n) is 2.72. The van der Waals surface area contributed by atoms with Crippen LogP contribution in [-0.2, 0) is 14.3 Å². The van der Waals surface area contributed by atoms with E-state index in [4.69, 9.17) is 9.47 Å². The molecule has 1 heterocycles. The first-order valence-corrected chi connectivity index (χ1v) is 6.77. The summed E-state index contributed by atoms with van der Waals surface area (Å²) in [7, 11) is 0. The van der Waals surface area contributed by atoms with Gasteiger partial charge in [-0.2, -0.15) is 0 Å². The molecule has 0 bridgehead atoms. The van der Waals surface area contributed by atoms with E-state index in [2.05, 4.69) is 5.32 Å². The van der Waals surface area contributed by atoms with Crippen LogP contribution in [0.15, 0.2) is 0 Å². The maximum absolute atomic E-state index is 10.8. The fourth-order valence-corrected chi connectivity index (χ4v) is 2.72. The van der Waals surface area contributed by atoms with Crippen LogP contribution in [0.2, 0.25) is 0 Å². The van der Waals surface area contributed by atoms with Gasteiger partial charge in [-0.1, -0.05) is 0 Å². The summed E-state index contributed by atoms with van der Waals surface area (Å²) in [5.74, 6) is -0.160. The average molecular weight is 241 g/mol. The third-order valence-electron chi connectivity index (χ3n) is 3.62. The van der Waals surface area contributed by atoms with Crippen LogP contribution in [0.4, 0.5) is 0 Å². The van der Waals surface area contributed by atoms with Gasteiger partial charge in [0.2, 0.25) is 0 Å². The van der Waals surface area contributed by atoms with Gasteiger partial charge in [-0.05, 0) is 51.6 Å². The van der Waals surface area contributed by atoms with Gasteiger partial charge in [-0.15, -0.1) is 0 Å². The Kier molecular flexibility index (Phi) is 4.80. The van der Waals surface area contributed by atoms with Crippen molar-refractivity contribution in [1.29, 1.82) is 0 Å². The van der Waals surface area contributed by atoms with Crippen molar-refractivity contribution in [2.45, 2.75) is 63.8 Å². The van der Waals surface area contributed by atoms with Crippen molar-refractivity contribution in [3.8, 4) is 0 Å². The van der Waals surface area contributed by atoms with Crippen LogP contribution < -0.4 is 5.32 Å². The number of nitrogens with one attached hydrogen (secondary N) is 1. The molecule has 2 aliphatic rings. The van der Waals surface area contributed by atoms with E-state index >= 15 is 0 Å². The van der Waals surface area contributed by atoms with Gasteiger partial charge in [0.15, 0.2) is 0 Å². The first kappa shape index (κ1) is 12.8. The molecule has 98 valence electrons. The number of ether oxygens (including phenoxy) is 2. The topological polar surface area (TPSA) is 47.6 Å². The molecule has 0 atom stereocenters. The summed E-state index contributed by atoms with van der Waals surface area (Å²) in [5, 5.41) is 3.34. The molecule has 0 unspecified atom stereocenters. The number of piperidine rings is 1. The first-order valence-electron chi connectivity index (χ1n) is 6.77. The van der Waals surface area contributed by atoms with Gasteiger partial charge in [-0.25, -0.2) is 0 Å². The molecule has 1 aliphatic heterocycles. The summed E-state index contributed by atoms with van der Waals surface area (Å²) in [6.45, 7) is 3.64. The lowest BCUT2D eigenvalue weighted by Crippen LogP contribution is -2.36. The van der Waals surface area contributed by atoms with Gasteiger partial charge in [0.05, 0.1) is 12.2 Å². The molecule has 0 amide bonds. The Morgan fingerprint density at radius 1 is 0.941 bits per heavy atom. The molecule has 0 radical (unpaired) electrons. The quantitative estimate of drug-likeness (QED) is 0.763. The predicted molar refractivity (Wildman–Crippen MR) is 64.8 cm³/mol. The van der Waals surface area contributed by atoms with Crippen LogP contribution >= 0.6 is 0 Å². The van der Waals surface area contributed by atoms with Gasteiger partial charge >= 0.3 is 5.97 Å². The Morgan fingerprint density at radius 3 is 2.06 bits per heavy atom. The summed E-state index contributed by atoms with van der Waals surface area (Å²) in [6, 6.07) is 0. The van der Waals surface area contributed by atoms with Gasteiger partial charge in [0, 0.05) is 6.92 Å². The third-order valence-corrected chi connectivity index (χ3v) is 3.62. The van der Waals surface area contributed by atoms with E-state index in [1.807, 2.05) is 0 Å². The second kappa shape index (κ2) is 6.36. The van der Waals surface area contributed by atoms with E-state index in [1.165, 1.54) is 6.92 Å². The summed E-state index contributed by atoms with van der Waals surface area (Å²) in [5.41, 5.74) is 0. The molecule has 4 heteroatoms. The van der Waals surface area contributed by atoms with Crippen molar-refractivity contribution in [1.82, 2.24) is 5.32 Å². The molecule has 0 aromatic rings. The number of rotatable bonds is 3. The molecular formula is C13H23NO3. The lowest BCUT2D eigenvalue weighted by atomic mass is 9.94. The zero-order valence-corrected chi connectivity index (χ0v) is 10.6. The average Bonchev–Trinajstić information content (AvgIpc) is 2.32. The number of esters is 1. The Labute approximate surface area is 103 Å². The molecule has 2 fully saturated rings. The van der Waals surface area contributed by atoms with E-state index in [-0.39, 0.29) is 12.1 Å². The molecule has 4 nitrogen and oxygen atoms in total. The number of carbonyl (C=O) groups is 1. The molecule has 1 saturated heterocycles. The smallest absolute Gasteiger partial charge is 0.302 e. The number of hydrogen-bond acceptors (Lipinski definition) is 4. The Morgan fingerprint density at radius 2 is 1.47 bits per heavy atom. The molecule has 17 heavy (non-hydrogen) atoms. The lowest BCUT2D eigenvalue weighted by molar-refractivity contribution is -0.150. The van der Waals surface area contributed by atoms with Crippen LogP contribution in [0.5, 0.6) is 0 Å². The Hall–Kier alpha value is -0.610. The zero-order valence-electron chi connectivity index (χ0n) is 10.6. The highest BCUT2D eigenvalue weighted by atomic mass is 16.5. The van der Waals surface area contributed by atoms with E-state index in [0.717, 1.165) is 51.6 Å². The number of carbonyl (C=O) groups excluding carboxylic acids is 1. The van der Waals surface area contributed by atoms with E-state index in [9.17, 15) is 4.79 Å². The normalized spacial score (nSPS) is 31.1. The molecule has 1 N–H and O–H groups in total. The Balaban J connectivity index is 1.66. The monoisotopic (exact) mass is 241 g/mol. The molecular weight excluding hydrogens is 218 g/mol. The lowest BCUT2D eigenvalue weighted by Gasteiger charge is -2.32. The van der Waals surface area contributed by atoms with E-state index < -0.39 is 0 Å². The van der Waals surface area contributed by atoms with Gasteiger partial charge in [-0.3, -0.25) is 4.79 Å². The van der Waals surface area contributed by atoms with E-state index in [1.54, 1.807) is 0 Å². The molecule has 0 spiro atoms. The standard InChI is InChI=1S/C13H23NO3/c1-10(15)16-11-2-4-12(5-3-11)17-13-6-8-14-9-7-13/h11-14H,2-9H2,1H3. The SMILES string of the molecule is CC(=O)OC1CCC(OC2CCNCC2)CC1. The molecule has 1 aliphatic carbocycles. The van der Waals surface area contributed by atoms with Crippen molar-refractivity contribution in [2.24, 2.45) is 0 Å². The van der Waals surface area contributed by atoms with E-state index in [0.29, 0.717) is 12.2 Å². The fraction of sp³-hybridized carbons (Fsp3) is 0.923. The van der Waals surface area contributed by atoms with Gasteiger partial charge in [0.1, 0.15) is 6.10 Å². The van der Waals surface area contributed by atoms with Gasteiger partial charge < -0.3 is 14.8 Å².